The van der Waals surface area contributed by atoms with Crippen molar-refractivity contribution in [1.82, 2.24) is 0 Å². The van der Waals surface area contributed by atoms with Crippen molar-refractivity contribution < 1.29 is 9.53 Å². The number of ether oxygens (including phenoxy) is 1. The molecule has 0 radical (unpaired) electrons. The second kappa shape index (κ2) is 6.86. The molecule has 2 nitrogen and oxygen atoms in total. The summed E-state index contributed by atoms with van der Waals surface area (Å²) < 4.78 is 5.12. The lowest BCUT2D eigenvalue weighted by atomic mass is 9.75. The van der Waals surface area contributed by atoms with Crippen LogP contribution in [0.4, 0.5) is 0 Å². The highest BCUT2D eigenvalue weighted by molar-refractivity contribution is 5.38. The minimum atomic E-state index is -0.262. The number of rotatable bonds is 3. The van der Waals surface area contributed by atoms with Crippen molar-refractivity contribution in [1.29, 1.82) is 0 Å². The van der Waals surface area contributed by atoms with Gasteiger partial charge in [-0.1, -0.05) is 33.6 Å². The zero-order valence-electron chi connectivity index (χ0n) is 10.9. The molecule has 1 rings (SSSR count). The third kappa shape index (κ3) is 4.67. The Morgan fingerprint density at radius 2 is 1.60 bits per heavy atom. The molecule has 0 spiro atoms. The molecule has 0 heterocycles. The van der Waals surface area contributed by atoms with Gasteiger partial charge >= 0.3 is 0 Å². The standard InChI is InChI=1S/C11H20O2.C2H6/c1-9-4-6-10(7-5-9)11(2,3)13-8-12;1-2/h8-10H,4-7H2,1-3H3;1-2H3. The molecule has 0 aromatic heterocycles. The highest BCUT2D eigenvalue weighted by atomic mass is 16.5. The second-order valence-electron chi connectivity index (χ2n) is 4.77. The molecule has 0 amide bonds. The minimum absolute atomic E-state index is 0.262. The van der Waals surface area contributed by atoms with E-state index in [0.717, 1.165) is 5.92 Å². The number of carbonyl (C=O) groups excluding carboxylic acids is 1. The van der Waals surface area contributed by atoms with Crippen LogP contribution in [0.2, 0.25) is 0 Å². The van der Waals surface area contributed by atoms with Crippen molar-refractivity contribution in [3.8, 4) is 0 Å². The molecule has 0 saturated heterocycles. The van der Waals surface area contributed by atoms with Crippen LogP contribution in [0.3, 0.4) is 0 Å². The van der Waals surface area contributed by atoms with E-state index in [1.54, 1.807) is 0 Å². The fraction of sp³-hybridized carbons (Fsp3) is 0.923. The molecule has 1 saturated carbocycles. The van der Waals surface area contributed by atoms with E-state index in [1.807, 2.05) is 27.7 Å². The fourth-order valence-corrected chi connectivity index (χ4v) is 2.18. The third-order valence-corrected chi connectivity index (χ3v) is 3.35. The summed E-state index contributed by atoms with van der Waals surface area (Å²) >= 11 is 0. The molecule has 0 bridgehead atoms. The topological polar surface area (TPSA) is 26.3 Å². The quantitative estimate of drug-likeness (QED) is 0.668. The summed E-state index contributed by atoms with van der Waals surface area (Å²) in [6, 6.07) is 0. The van der Waals surface area contributed by atoms with E-state index in [2.05, 4.69) is 6.92 Å². The summed E-state index contributed by atoms with van der Waals surface area (Å²) in [5, 5.41) is 0. The normalized spacial score (nSPS) is 26.2. The van der Waals surface area contributed by atoms with Gasteiger partial charge in [0.25, 0.3) is 6.47 Å². The summed E-state index contributed by atoms with van der Waals surface area (Å²) in [5.74, 6) is 1.40. The van der Waals surface area contributed by atoms with Crippen molar-refractivity contribution in [2.75, 3.05) is 0 Å². The molecule has 0 atom stereocenters. The maximum Gasteiger partial charge on any atom is 0.293 e. The van der Waals surface area contributed by atoms with E-state index in [1.165, 1.54) is 25.7 Å². The van der Waals surface area contributed by atoms with Crippen molar-refractivity contribution in [3.05, 3.63) is 0 Å². The molecule has 1 aliphatic carbocycles. The largest absolute Gasteiger partial charge is 0.462 e. The van der Waals surface area contributed by atoms with Crippen LogP contribution in [0, 0.1) is 11.8 Å². The molecule has 90 valence electrons. The first-order valence-electron chi connectivity index (χ1n) is 6.17. The first-order chi connectivity index (χ1) is 7.06. The molecule has 0 aromatic carbocycles. The lowest BCUT2D eigenvalue weighted by Gasteiger charge is -2.36. The maximum absolute atomic E-state index is 10.3. The van der Waals surface area contributed by atoms with Crippen LogP contribution < -0.4 is 0 Å². The number of hydrogen-bond acceptors (Lipinski definition) is 2. The first kappa shape index (κ1) is 14.5. The average Bonchev–Trinajstić information content (AvgIpc) is 2.21. The summed E-state index contributed by atoms with van der Waals surface area (Å²) in [6.07, 6.45) is 4.94. The van der Waals surface area contributed by atoms with Gasteiger partial charge in [0.15, 0.2) is 0 Å². The summed E-state index contributed by atoms with van der Waals surface area (Å²) in [6.45, 7) is 10.9. The lowest BCUT2D eigenvalue weighted by molar-refractivity contribution is -0.147. The van der Waals surface area contributed by atoms with Crippen molar-refractivity contribution >= 4 is 6.47 Å². The van der Waals surface area contributed by atoms with Gasteiger partial charge in [0.2, 0.25) is 0 Å². The number of carbonyl (C=O) groups is 1. The van der Waals surface area contributed by atoms with Gasteiger partial charge < -0.3 is 4.74 Å². The van der Waals surface area contributed by atoms with E-state index < -0.39 is 0 Å². The zero-order valence-corrected chi connectivity index (χ0v) is 10.9. The highest BCUT2D eigenvalue weighted by Crippen LogP contribution is 2.36. The van der Waals surface area contributed by atoms with Crippen LogP contribution in [0.1, 0.15) is 60.3 Å². The van der Waals surface area contributed by atoms with Gasteiger partial charge in [0.1, 0.15) is 5.60 Å². The van der Waals surface area contributed by atoms with Crippen LogP contribution in [-0.4, -0.2) is 12.1 Å². The summed E-state index contributed by atoms with van der Waals surface area (Å²) in [7, 11) is 0. The van der Waals surface area contributed by atoms with Crippen LogP contribution in [-0.2, 0) is 9.53 Å². The van der Waals surface area contributed by atoms with E-state index in [0.29, 0.717) is 12.4 Å². The minimum Gasteiger partial charge on any atom is -0.462 e. The lowest BCUT2D eigenvalue weighted by Crippen LogP contribution is -2.36. The molecular weight excluding hydrogens is 188 g/mol. The predicted octanol–water partition coefficient (Wildman–Crippen LogP) is 3.79. The molecule has 0 unspecified atom stereocenters. The Bertz CT molecular complexity index is 167. The number of hydrogen-bond donors (Lipinski definition) is 0. The van der Waals surface area contributed by atoms with E-state index in [9.17, 15) is 4.79 Å². The van der Waals surface area contributed by atoms with Gasteiger partial charge in [0, 0.05) is 0 Å². The molecule has 0 N–H and O–H groups in total. The van der Waals surface area contributed by atoms with Crippen molar-refractivity contribution in [2.24, 2.45) is 11.8 Å². The van der Waals surface area contributed by atoms with Gasteiger partial charge in [-0.05, 0) is 38.5 Å². The van der Waals surface area contributed by atoms with Gasteiger partial charge in [-0.2, -0.15) is 0 Å². The zero-order chi connectivity index (χ0) is 11.9. The smallest absolute Gasteiger partial charge is 0.293 e. The van der Waals surface area contributed by atoms with Gasteiger partial charge in [-0.15, -0.1) is 0 Å². The van der Waals surface area contributed by atoms with Gasteiger partial charge in [-0.3, -0.25) is 4.79 Å². The molecule has 0 aliphatic heterocycles. The van der Waals surface area contributed by atoms with E-state index in [-0.39, 0.29) is 5.60 Å². The molecule has 1 fully saturated rings. The average molecular weight is 214 g/mol. The third-order valence-electron chi connectivity index (χ3n) is 3.35. The maximum atomic E-state index is 10.3. The Morgan fingerprint density at radius 1 is 1.13 bits per heavy atom. The van der Waals surface area contributed by atoms with Gasteiger partial charge in [-0.25, -0.2) is 0 Å². The summed E-state index contributed by atoms with van der Waals surface area (Å²) in [4.78, 5) is 10.3. The second-order valence-corrected chi connectivity index (χ2v) is 4.77. The Balaban J connectivity index is 0.000000921. The van der Waals surface area contributed by atoms with E-state index >= 15 is 0 Å². The first-order valence-corrected chi connectivity index (χ1v) is 6.17. The Morgan fingerprint density at radius 3 is 2.00 bits per heavy atom. The van der Waals surface area contributed by atoms with Crippen LogP contribution in [0.15, 0.2) is 0 Å². The van der Waals surface area contributed by atoms with Crippen LogP contribution >= 0.6 is 0 Å². The van der Waals surface area contributed by atoms with Gasteiger partial charge in [0.05, 0.1) is 0 Å². The SMILES string of the molecule is CC.CC1CCC(C(C)(C)OC=O)CC1. The Labute approximate surface area is 94.4 Å². The van der Waals surface area contributed by atoms with Crippen LogP contribution in [0.25, 0.3) is 0 Å². The Hall–Kier alpha value is -0.530. The Kier molecular flexibility index (Phi) is 6.62. The van der Waals surface area contributed by atoms with E-state index in [4.69, 9.17) is 4.74 Å². The van der Waals surface area contributed by atoms with Crippen molar-refractivity contribution in [3.63, 3.8) is 0 Å². The fourth-order valence-electron chi connectivity index (χ4n) is 2.18. The predicted molar refractivity (Wildman–Crippen MR) is 63.7 cm³/mol. The molecular formula is C13H26O2. The summed E-state index contributed by atoms with van der Waals surface area (Å²) in [5.41, 5.74) is -0.262. The molecule has 0 aromatic rings. The molecule has 2 heteroatoms. The monoisotopic (exact) mass is 214 g/mol. The molecule has 15 heavy (non-hydrogen) atoms. The van der Waals surface area contributed by atoms with Crippen LogP contribution in [0.5, 0.6) is 0 Å². The molecule has 1 aliphatic rings. The van der Waals surface area contributed by atoms with Crippen molar-refractivity contribution in [2.45, 2.75) is 65.9 Å². The highest BCUT2D eigenvalue weighted by Gasteiger charge is 2.33.